The van der Waals surface area contributed by atoms with Crippen molar-refractivity contribution in [3.63, 3.8) is 0 Å². The van der Waals surface area contributed by atoms with E-state index in [0.717, 1.165) is 0 Å². The molecule has 0 saturated carbocycles. The van der Waals surface area contributed by atoms with Gasteiger partial charge in [-0.25, -0.2) is 0 Å². The minimum atomic E-state index is -0.820. The zero-order valence-electron chi connectivity index (χ0n) is 9.14. The molecule has 1 aromatic rings. The summed E-state index contributed by atoms with van der Waals surface area (Å²) in [6, 6.07) is 3.17. The first-order valence-electron chi connectivity index (χ1n) is 5.03. The molecule has 0 fully saturated rings. The maximum Gasteiger partial charge on any atom is 0.303 e. The number of carbonyl (C=O) groups is 1. The number of aliphatic carboxylic acids is 1. The number of carboxylic acid groups (broad SMARTS) is 1. The molecule has 0 aliphatic carbocycles. The lowest BCUT2D eigenvalue weighted by molar-refractivity contribution is -0.137. The summed E-state index contributed by atoms with van der Waals surface area (Å²) >= 11 is 17.7. The summed E-state index contributed by atoms with van der Waals surface area (Å²) in [5, 5.41) is 12.9. The molecule has 2 N–H and O–H groups in total. The van der Waals surface area contributed by atoms with Gasteiger partial charge in [0.1, 0.15) is 0 Å². The quantitative estimate of drug-likeness (QED) is 0.796. The summed E-state index contributed by atoms with van der Waals surface area (Å²) in [4.78, 5) is 10.4. The van der Waals surface area contributed by atoms with Crippen molar-refractivity contribution in [3.05, 3.63) is 27.2 Å². The van der Waals surface area contributed by atoms with Gasteiger partial charge >= 0.3 is 5.97 Å². The minimum absolute atomic E-state index is 0.0131. The highest BCUT2D eigenvalue weighted by molar-refractivity contribution is 6.44. The molecule has 0 amide bonds. The van der Waals surface area contributed by atoms with E-state index < -0.39 is 5.97 Å². The van der Waals surface area contributed by atoms with Gasteiger partial charge in [-0.3, -0.25) is 4.79 Å². The number of benzene rings is 1. The fourth-order valence-electron chi connectivity index (χ4n) is 1.31. The van der Waals surface area contributed by atoms with Gasteiger partial charge in [0.15, 0.2) is 0 Å². The van der Waals surface area contributed by atoms with Crippen LogP contribution in [0.15, 0.2) is 12.1 Å². The Balaban J connectivity index is 2.68. The van der Waals surface area contributed by atoms with Crippen LogP contribution in [-0.2, 0) is 4.79 Å². The first-order valence-corrected chi connectivity index (χ1v) is 6.16. The van der Waals surface area contributed by atoms with Gasteiger partial charge in [0, 0.05) is 12.5 Å². The number of nitrogens with one attached hydrogen (secondary N) is 1. The third-order valence-corrected chi connectivity index (χ3v) is 3.24. The molecule has 17 heavy (non-hydrogen) atoms. The smallest absolute Gasteiger partial charge is 0.303 e. The van der Waals surface area contributed by atoms with Gasteiger partial charge in [0.2, 0.25) is 0 Å². The molecular weight excluding hydrogens is 284 g/mol. The fraction of sp³-hybridized carbons (Fsp3) is 0.364. The lowest BCUT2D eigenvalue weighted by atomic mass is 10.1. The average Bonchev–Trinajstić information content (AvgIpc) is 2.23. The van der Waals surface area contributed by atoms with Crippen LogP contribution in [0.5, 0.6) is 0 Å². The Morgan fingerprint density at radius 3 is 2.47 bits per heavy atom. The van der Waals surface area contributed by atoms with Crippen LogP contribution in [-0.4, -0.2) is 17.1 Å². The van der Waals surface area contributed by atoms with Gasteiger partial charge < -0.3 is 10.4 Å². The standard InChI is InChI=1S/C11H12Cl3NO2/c1-6(2-3-11(16)17)15-10-5-8(13)7(12)4-9(10)14/h4-6,15H,2-3H2,1H3,(H,16,17). The molecule has 0 aliphatic rings. The second-order valence-electron chi connectivity index (χ2n) is 3.72. The Labute approximate surface area is 115 Å². The molecule has 0 saturated heterocycles. The summed E-state index contributed by atoms with van der Waals surface area (Å²) in [6.45, 7) is 1.88. The molecule has 0 aromatic heterocycles. The van der Waals surface area contributed by atoms with Crippen molar-refractivity contribution in [1.82, 2.24) is 0 Å². The van der Waals surface area contributed by atoms with Gasteiger partial charge in [-0.05, 0) is 25.5 Å². The van der Waals surface area contributed by atoms with Gasteiger partial charge in [-0.1, -0.05) is 34.8 Å². The van der Waals surface area contributed by atoms with Crippen molar-refractivity contribution in [2.75, 3.05) is 5.32 Å². The summed E-state index contributed by atoms with van der Waals surface area (Å²) < 4.78 is 0. The average molecular weight is 297 g/mol. The van der Waals surface area contributed by atoms with Crippen LogP contribution in [0.3, 0.4) is 0 Å². The highest BCUT2D eigenvalue weighted by atomic mass is 35.5. The van der Waals surface area contributed by atoms with Crippen LogP contribution in [0.2, 0.25) is 15.1 Å². The van der Waals surface area contributed by atoms with Crippen LogP contribution in [0.25, 0.3) is 0 Å². The van der Waals surface area contributed by atoms with E-state index in [9.17, 15) is 4.79 Å². The predicted octanol–water partition coefficient (Wildman–Crippen LogP) is 4.31. The second-order valence-corrected chi connectivity index (χ2v) is 4.95. The molecule has 0 aliphatic heterocycles. The molecule has 0 radical (unpaired) electrons. The molecule has 6 heteroatoms. The summed E-state index contributed by atoms with van der Waals surface area (Å²) in [5.74, 6) is -0.820. The molecule has 94 valence electrons. The molecule has 1 rings (SSSR count). The maximum absolute atomic E-state index is 10.4. The number of anilines is 1. The van der Waals surface area contributed by atoms with Crippen LogP contribution < -0.4 is 5.32 Å². The Morgan fingerprint density at radius 2 is 1.88 bits per heavy atom. The van der Waals surface area contributed by atoms with Gasteiger partial charge in [-0.15, -0.1) is 0 Å². The SMILES string of the molecule is CC(CCC(=O)O)Nc1cc(Cl)c(Cl)cc1Cl. The van der Waals surface area contributed by atoms with Crippen molar-refractivity contribution in [1.29, 1.82) is 0 Å². The van der Waals surface area contributed by atoms with E-state index in [1.807, 2.05) is 6.92 Å². The summed E-state index contributed by atoms with van der Waals surface area (Å²) in [5.41, 5.74) is 0.652. The molecule has 3 nitrogen and oxygen atoms in total. The lowest BCUT2D eigenvalue weighted by Gasteiger charge is -2.16. The van der Waals surface area contributed by atoms with Crippen LogP contribution in [0, 0.1) is 0 Å². The largest absolute Gasteiger partial charge is 0.481 e. The van der Waals surface area contributed by atoms with E-state index in [4.69, 9.17) is 39.9 Å². The monoisotopic (exact) mass is 295 g/mol. The van der Waals surface area contributed by atoms with E-state index in [2.05, 4.69) is 5.32 Å². The van der Waals surface area contributed by atoms with Crippen LogP contribution >= 0.6 is 34.8 Å². The Kier molecular flexibility index (Phi) is 5.37. The van der Waals surface area contributed by atoms with E-state index >= 15 is 0 Å². The van der Waals surface area contributed by atoms with E-state index in [1.165, 1.54) is 0 Å². The number of hydrogen-bond donors (Lipinski definition) is 2. The molecule has 1 atom stereocenters. The fourth-order valence-corrected chi connectivity index (χ4v) is 1.91. The van der Waals surface area contributed by atoms with Gasteiger partial charge in [-0.2, -0.15) is 0 Å². The number of rotatable bonds is 5. The third-order valence-electron chi connectivity index (χ3n) is 2.20. The van der Waals surface area contributed by atoms with E-state index in [-0.39, 0.29) is 12.5 Å². The molecule has 0 spiro atoms. The van der Waals surface area contributed by atoms with Crippen molar-refractivity contribution >= 4 is 46.5 Å². The summed E-state index contributed by atoms with van der Waals surface area (Å²) in [6.07, 6.45) is 0.610. The second kappa shape index (κ2) is 6.34. The molecule has 1 aromatic carbocycles. The highest BCUT2D eigenvalue weighted by Crippen LogP contribution is 2.32. The third kappa shape index (κ3) is 4.62. The maximum atomic E-state index is 10.4. The first-order chi connectivity index (χ1) is 7.90. The Bertz CT molecular complexity index is 423. The van der Waals surface area contributed by atoms with E-state index in [0.29, 0.717) is 27.2 Å². The van der Waals surface area contributed by atoms with Gasteiger partial charge in [0.25, 0.3) is 0 Å². The number of hydrogen-bond acceptors (Lipinski definition) is 2. The number of carboxylic acids is 1. The molecule has 0 heterocycles. The van der Waals surface area contributed by atoms with Gasteiger partial charge in [0.05, 0.1) is 20.8 Å². The zero-order chi connectivity index (χ0) is 13.0. The molecule has 1 unspecified atom stereocenters. The normalized spacial score (nSPS) is 12.2. The van der Waals surface area contributed by atoms with Crippen LogP contribution in [0.1, 0.15) is 19.8 Å². The van der Waals surface area contributed by atoms with E-state index in [1.54, 1.807) is 12.1 Å². The van der Waals surface area contributed by atoms with Crippen molar-refractivity contribution in [3.8, 4) is 0 Å². The van der Waals surface area contributed by atoms with Crippen molar-refractivity contribution in [2.24, 2.45) is 0 Å². The highest BCUT2D eigenvalue weighted by Gasteiger charge is 2.10. The summed E-state index contributed by atoms with van der Waals surface area (Å²) in [7, 11) is 0. The van der Waals surface area contributed by atoms with Crippen LogP contribution in [0.4, 0.5) is 5.69 Å². The predicted molar refractivity (Wildman–Crippen MR) is 71.4 cm³/mol. The zero-order valence-corrected chi connectivity index (χ0v) is 11.4. The Hall–Kier alpha value is -0.640. The van der Waals surface area contributed by atoms with Crippen molar-refractivity contribution < 1.29 is 9.90 Å². The number of halogens is 3. The topological polar surface area (TPSA) is 49.3 Å². The first kappa shape index (κ1) is 14.4. The minimum Gasteiger partial charge on any atom is -0.481 e. The van der Waals surface area contributed by atoms with Crippen molar-refractivity contribution in [2.45, 2.75) is 25.8 Å². The Morgan fingerprint density at radius 1 is 1.29 bits per heavy atom. The molecule has 0 bridgehead atoms. The lowest BCUT2D eigenvalue weighted by Crippen LogP contribution is -2.16. The molecular formula is C11H12Cl3NO2.